The number of nitrogens with one attached hydrogen (secondary N) is 1. The van der Waals surface area contributed by atoms with Crippen LogP contribution in [0.25, 0.3) is 10.9 Å². The average molecular weight is 443 g/mol. The highest BCUT2D eigenvalue weighted by molar-refractivity contribution is 6.32. The van der Waals surface area contributed by atoms with Gasteiger partial charge in [0, 0.05) is 18.8 Å². The highest BCUT2D eigenvalue weighted by Crippen LogP contribution is 2.34. The molecule has 0 saturated carbocycles. The SMILES string of the molecule is O=C(CO)N1CCC(COc2cccc3ncnc(Nc4ccc(O)c(Cl)c4)c23)CC1. The molecule has 1 aliphatic heterocycles. The first-order valence-electron chi connectivity index (χ1n) is 10.1. The third kappa shape index (κ3) is 4.81. The van der Waals surface area contributed by atoms with Crippen molar-refractivity contribution in [1.29, 1.82) is 0 Å². The number of likely N-dealkylation sites (tertiary alicyclic amines) is 1. The third-order valence-corrected chi connectivity index (χ3v) is 5.71. The number of aliphatic hydroxyl groups is 1. The Hall–Kier alpha value is -3.10. The van der Waals surface area contributed by atoms with E-state index in [1.54, 1.807) is 17.0 Å². The minimum absolute atomic E-state index is 0.00974. The van der Waals surface area contributed by atoms with Crippen molar-refractivity contribution in [2.45, 2.75) is 12.8 Å². The number of hydrogen-bond donors (Lipinski definition) is 3. The number of aliphatic hydroxyl groups excluding tert-OH is 1. The predicted octanol–water partition coefficient (Wildman–Crippen LogP) is 3.34. The van der Waals surface area contributed by atoms with E-state index in [0.29, 0.717) is 42.9 Å². The third-order valence-electron chi connectivity index (χ3n) is 5.41. The number of carbonyl (C=O) groups is 1. The Labute approximate surface area is 184 Å². The standard InChI is InChI=1S/C22H23ClN4O4/c23-16-10-15(4-5-18(16)29)26-22-21-17(24-13-25-22)2-1-3-19(21)31-12-14-6-8-27(9-7-14)20(30)11-28/h1-5,10,13-14,28-29H,6-9,11-12H2,(H,24,25,26). The van der Waals surface area contributed by atoms with Gasteiger partial charge in [-0.3, -0.25) is 4.79 Å². The van der Waals surface area contributed by atoms with Crippen LogP contribution in [0.4, 0.5) is 11.5 Å². The number of aromatic nitrogens is 2. The molecule has 0 radical (unpaired) electrons. The number of amides is 1. The van der Waals surface area contributed by atoms with Gasteiger partial charge in [0.05, 0.1) is 22.5 Å². The van der Waals surface area contributed by atoms with Crippen molar-refractivity contribution in [3.8, 4) is 11.5 Å². The van der Waals surface area contributed by atoms with E-state index >= 15 is 0 Å². The highest BCUT2D eigenvalue weighted by Gasteiger charge is 2.23. The van der Waals surface area contributed by atoms with Crippen LogP contribution in [-0.2, 0) is 4.79 Å². The average Bonchev–Trinajstić information content (AvgIpc) is 2.80. The second kappa shape index (κ2) is 9.36. The maximum Gasteiger partial charge on any atom is 0.248 e. The van der Waals surface area contributed by atoms with Gasteiger partial charge in [-0.15, -0.1) is 0 Å². The number of aromatic hydroxyl groups is 1. The minimum atomic E-state index is -0.445. The Morgan fingerprint density at radius 3 is 2.77 bits per heavy atom. The molecule has 31 heavy (non-hydrogen) atoms. The molecule has 0 bridgehead atoms. The maximum atomic E-state index is 11.6. The monoisotopic (exact) mass is 442 g/mol. The maximum absolute atomic E-state index is 11.6. The van der Waals surface area contributed by atoms with Gasteiger partial charge in [0.2, 0.25) is 5.91 Å². The van der Waals surface area contributed by atoms with Crippen LogP contribution in [0, 0.1) is 5.92 Å². The number of piperidine rings is 1. The largest absolute Gasteiger partial charge is 0.506 e. The highest BCUT2D eigenvalue weighted by atomic mass is 35.5. The molecule has 1 saturated heterocycles. The van der Waals surface area contributed by atoms with E-state index in [9.17, 15) is 9.90 Å². The van der Waals surface area contributed by atoms with Crippen molar-refractivity contribution >= 4 is 39.9 Å². The first-order chi connectivity index (χ1) is 15.0. The summed E-state index contributed by atoms with van der Waals surface area (Å²) >= 11 is 6.02. The fraction of sp³-hybridized carbons (Fsp3) is 0.318. The summed E-state index contributed by atoms with van der Waals surface area (Å²) in [5.74, 6) is 1.34. The number of phenolic OH excluding ortho intramolecular Hbond substituents is 1. The van der Waals surface area contributed by atoms with Gasteiger partial charge in [-0.25, -0.2) is 9.97 Å². The molecule has 0 aliphatic carbocycles. The zero-order valence-corrected chi connectivity index (χ0v) is 17.5. The lowest BCUT2D eigenvalue weighted by molar-refractivity contribution is -0.135. The van der Waals surface area contributed by atoms with Crippen LogP contribution < -0.4 is 10.1 Å². The van der Waals surface area contributed by atoms with Crippen molar-refractivity contribution in [2.75, 3.05) is 31.6 Å². The molecule has 1 aromatic heterocycles. The topological polar surface area (TPSA) is 108 Å². The summed E-state index contributed by atoms with van der Waals surface area (Å²) in [5, 5.41) is 22.9. The van der Waals surface area contributed by atoms with Gasteiger partial charge in [0.15, 0.2) is 0 Å². The van der Waals surface area contributed by atoms with Gasteiger partial charge in [-0.1, -0.05) is 17.7 Å². The second-order valence-electron chi connectivity index (χ2n) is 7.46. The fourth-order valence-electron chi connectivity index (χ4n) is 3.67. The Morgan fingerprint density at radius 2 is 2.03 bits per heavy atom. The summed E-state index contributed by atoms with van der Waals surface area (Å²) in [5.41, 5.74) is 1.42. The van der Waals surface area contributed by atoms with Crippen molar-refractivity contribution in [2.24, 2.45) is 5.92 Å². The number of hydrogen-bond acceptors (Lipinski definition) is 7. The van der Waals surface area contributed by atoms with Crippen molar-refractivity contribution < 1.29 is 19.7 Å². The molecule has 8 nitrogen and oxygen atoms in total. The van der Waals surface area contributed by atoms with E-state index < -0.39 is 6.61 Å². The summed E-state index contributed by atoms with van der Waals surface area (Å²) in [7, 11) is 0. The number of carbonyl (C=O) groups excluding carboxylic acids is 1. The molecule has 162 valence electrons. The van der Waals surface area contributed by atoms with Crippen LogP contribution in [0.2, 0.25) is 5.02 Å². The molecular formula is C22H23ClN4O4. The summed E-state index contributed by atoms with van der Waals surface area (Å²) in [6.07, 6.45) is 3.12. The molecular weight excluding hydrogens is 420 g/mol. The quantitative estimate of drug-likeness (QED) is 0.502. The van der Waals surface area contributed by atoms with E-state index in [4.69, 9.17) is 21.4 Å². The summed E-state index contributed by atoms with van der Waals surface area (Å²) < 4.78 is 6.16. The number of ether oxygens (including phenoxy) is 1. The van der Waals surface area contributed by atoms with Gasteiger partial charge in [0.25, 0.3) is 0 Å². The zero-order chi connectivity index (χ0) is 21.8. The van der Waals surface area contributed by atoms with Crippen LogP contribution in [0.1, 0.15) is 12.8 Å². The molecule has 0 spiro atoms. The summed E-state index contributed by atoms with van der Waals surface area (Å²) in [6, 6.07) is 10.5. The summed E-state index contributed by atoms with van der Waals surface area (Å²) in [4.78, 5) is 22.0. The van der Waals surface area contributed by atoms with E-state index in [-0.39, 0.29) is 16.7 Å². The smallest absolute Gasteiger partial charge is 0.248 e. The normalized spacial score (nSPS) is 14.6. The first-order valence-corrected chi connectivity index (χ1v) is 10.4. The van der Waals surface area contributed by atoms with Gasteiger partial charge in [-0.05, 0) is 49.1 Å². The lowest BCUT2D eigenvalue weighted by atomic mass is 9.98. The van der Waals surface area contributed by atoms with Crippen LogP contribution in [0.3, 0.4) is 0 Å². The van der Waals surface area contributed by atoms with Crippen LogP contribution in [-0.4, -0.2) is 57.3 Å². The molecule has 1 amide bonds. The first kappa shape index (κ1) is 21.1. The molecule has 2 aromatic carbocycles. The number of anilines is 2. The molecule has 2 heterocycles. The Morgan fingerprint density at radius 1 is 1.23 bits per heavy atom. The molecule has 0 unspecified atom stereocenters. The van der Waals surface area contributed by atoms with E-state index in [1.165, 1.54) is 12.4 Å². The summed E-state index contributed by atoms with van der Waals surface area (Å²) in [6.45, 7) is 1.32. The molecule has 1 aliphatic rings. The molecule has 1 fully saturated rings. The number of halogens is 1. The number of phenols is 1. The number of benzene rings is 2. The van der Waals surface area contributed by atoms with E-state index in [0.717, 1.165) is 23.7 Å². The Bertz CT molecular complexity index is 1080. The lowest BCUT2D eigenvalue weighted by Gasteiger charge is -2.31. The second-order valence-corrected chi connectivity index (χ2v) is 7.86. The van der Waals surface area contributed by atoms with Crippen LogP contribution in [0.5, 0.6) is 11.5 Å². The molecule has 3 aromatic rings. The predicted molar refractivity (Wildman–Crippen MR) is 118 cm³/mol. The molecule has 9 heteroatoms. The van der Waals surface area contributed by atoms with Crippen molar-refractivity contribution in [3.63, 3.8) is 0 Å². The molecule has 0 atom stereocenters. The minimum Gasteiger partial charge on any atom is -0.506 e. The molecule has 3 N–H and O–H groups in total. The Balaban J connectivity index is 1.51. The lowest BCUT2D eigenvalue weighted by Crippen LogP contribution is -2.41. The fourth-order valence-corrected chi connectivity index (χ4v) is 3.85. The number of rotatable bonds is 6. The number of fused-ring (bicyclic) bond motifs is 1. The molecule has 4 rings (SSSR count). The number of nitrogens with zero attached hydrogens (tertiary/aromatic N) is 3. The van der Waals surface area contributed by atoms with E-state index in [1.807, 2.05) is 18.2 Å². The Kier molecular flexibility index (Phi) is 6.39. The van der Waals surface area contributed by atoms with Crippen LogP contribution >= 0.6 is 11.6 Å². The van der Waals surface area contributed by atoms with Crippen molar-refractivity contribution in [1.82, 2.24) is 14.9 Å². The van der Waals surface area contributed by atoms with Gasteiger partial charge in [-0.2, -0.15) is 0 Å². The van der Waals surface area contributed by atoms with E-state index in [2.05, 4.69) is 15.3 Å². The van der Waals surface area contributed by atoms with Gasteiger partial charge >= 0.3 is 0 Å². The van der Waals surface area contributed by atoms with Gasteiger partial charge in [0.1, 0.15) is 30.3 Å². The van der Waals surface area contributed by atoms with Gasteiger partial charge < -0.3 is 25.2 Å². The van der Waals surface area contributed by atoms with Crippen LogP contribution in [0.15, 0.2) is 42.7 Å². The van der Waals surface area contributed by atoms with Crippen molar-refractivity contribution in [3.05, 3.63) is 47.7 Å². The zero-order valence-electron chi connectivity index (χ0n) is 16.8.